The first-order valence-corrected chi connectivity index (χ1v) is 13.7. The topological polar surface area (TPSA) is 148 Å². The van der Waals surface area contributed by atoms with Crippen molar-refractivity contribution in [3.8, 4) is 0 Å². The fraction of sp³-hybridized carbons (Fsp3) is 0.929. The molecule has 4 atom stereocenters. The van der Waals surface area contributed by atoms with Crippen LogP contribution in [0.2, 0.25) is 0 Å². The van der Waals surface area contributed by atoms with Crippen LogP contribution < -0.4 is 0 Å². The van der Waals surface area contributed by atoms with Gasteiger partial charge in [-0.2, -0.15) is 9.78 Å². The molecule has 238 valence electrons. The molecule has 0 aromatic rings. The van der Waals surface area contributed by atoms with Gasteiger partial charge in [0.05, 0.1) is 22.7 Å². The van der Waals surface area contributed by atoms with E-state index in [1.165, 1.54) is 13.8 Å². The number of hydrogen-bond acceptors (Lipinski definition) is 12. The third-order valence-electron chi connectivity index (χ3n) is 9.20. The monoisotopic (exact) mass is 582 g/mol. The van der Waals surface area contributed by atoms with Crippen LogP contribution >= 0.6 is 0 Å². The molecule has 0 aliphatic carbocycles. The summed E-state index contributed by atoms with van der Waals surface area (Å²) in [5.41, 5.74) is -5.30. The minimum atomic E-state index is -1.98. The summed E-state index contributed by atoms with van der Waals surface area (Å²) in [6, 6.07) is 0. The number of rotatable bonds is 17. The second-order valence-electron chi connectivity index (χ2n) is 13.3. The van der Waals surface area contributed by atoms with E-state index in [1.54, 1.807) is 69.2 Å². The molecule has 0 heterocycles. The van der Waals surface area contributed by atoms with Crippen LogP contribution in [-0.4, -0.2) is 45.2 Å². The summed E-state index contributed by atoms with van der Waals surface area (Å²) in [5.74, 6) is -7.00. The average molecular weight is 583 g/mol. The summed E-state index contributed by atoms with van der Waals surface area (Å²) in [6.07, 6.45) is 0. The largest absolute Gasteiger partial charge is 0.345 e. The molecule has 0 saturated carbocycles. The van der Waals surface area contributed by atoms with Gasteiger partial charge < -0.3 is 0 Å². The van der Waals surface area contributed by atoms with Gasteiger partial charge in [-0.1, -0.05) is 83.1 Å². The van der Waals surface area contributed by atoms with Crippen molar-refractivity contribution in [1.82, 2.24) is 0 Å². The van der Waals surface area contributed by atoms with Gasteiger partial charge in [-0.15, -0.1) is 9.78 Å². The molecule has 12 nitrogen and oxygen atoms in total. The van der Waals surface area contributed by atoms with Crippen LogP contribution in [-0.2, 0) is 48.7 Å². The summed E-state index contributed by atoms with van der Waals surface area (Å²) in [7, 11) is 0. The van der Waals surface area contributed by atoms with Gasteiger partial charge in [-0.3, -0.25) is 20.3 Å². The van der Waals surface area contributed by atoms with Gasteiger partial charge in [0.2, 0.25) is 0 Å². The molecule has 0 amide bonds. The van der Waals surface area contributed by atoms with Gasteiger partial charge in [0, 0.05) is 0 Å². The molecule has 0 aromatic carbocycles. The Morgan fingerprint density at radius 1 is 0.500 bits per heavy atom. The third kappa shape index (κ3) is 7.33. The molecular weight excluding hydrogens is 528 g/mol. The van der Waals surface area contributed by atoms with Gasteiger partial charge in [-0.05, 0) is 39.5 Å². The molecule has 4 unspecified atom stereocenters. The molecule has 0 aliphatic heterocycles. The second-order valence-corrected chi connectivity index (χ2v) is 13.3. The van der Waals surface area contributed by atoms with Crippen LogP contribution in [0.5, 0.6) is 0 Å². The molecular formula is C28H54O12. The molecule has 0 rings (SSSR count). The van der Waals surface area contributed by atoms with Crippen molar-refractivity contribution in [1.29, 1.82) is 0 Å². The van der Waals surface area contributed by atoms with Crippen LogP contribution in [0.3, 0.4) is 0 Å². The first-order valence-electron chi connectivity index (χ1n) is 13.7. The van der Waals surface area contributed by atoms with E-state index in [4.69, 9.17) is 39.1 Å². The predicted octanol–water partition coefficient (Wildman–Crippen LogP) is 6.49. The Hall–Kier alpha value is -1.38. The van der Waals surface area contributed by atoms with Crippen molar-refractivity contribution < 1.29 is 59.2 Å². The fourth-order valence-corrected chi connectivity index (χ4v) is 3.82. The Morgan fingerprint density at radius 2 is 0.750 bits per heavy atom. The summed E-state index contributed by atoms with van der Waals surface area (Å²) in [6.45, 7) is 26.5. The average Bonchev–Trinajstić information content (AvgIpc) is 2.86. The van der Waals surface area contributed by atoms with Crippen LogP contribution in [0, 0.1) is 34.5 Å². The van der Waals surface area contributed by atoms with E-state index in [-0.39, 0.29) is 11.8 Å². The molecule has 0 bridgehead atoms. The van der Waals surface area contributed by atoms with E-state index >= 15 is 0 Å². The van der Waals surface area contributed by atoms with Crippen LogP contribution in [0.4, 0.5) is 0 Å². The molecule has 0 fully saturated rings. The fourth-order valence-electron chi connectivity index (χ4n) is 3.82. The van der Waals surface area contributed by atoms with Gasteiger partial charge in [0.15, 0.2) is 0 Å². The zero-order valence-corrected chi connectivity index (χ0v) is 27.3. The Bertz CT molecular complexity index is 771. The van der Waals surface area contributed by atoms with Crippen LogP contribution in [0.25, 0.3) is 0 Å². The number of hydrogen-bond donors (Lipinski definition) is 2. The Kier molecular flexibility index (Phi) is 13.3. The maximum Gasteiger partial charge on any atom is 0.345 e. The van der Waals surface area contributed by atoms with Gasteiger partial charge in [0.25, 0.3) is 11.6 Å². The smallest absolute Gasteiger partial charge is 0.295 e. The van der Waals surface area contributed by atoms with E-state index in [9.17, 15) is 20.1 Å². The van der Waals surface area contributed by atoms with E-state index in [1.807, 2.05) is 27.7 Å². The molecule has 0 aromatic heterocycles. The maximum atomic E-state index is 12.4. The quantitative estimate of drug-likeness (QED) is 0.110. The van der Waals surface area contributed by atoms with Crippen molar-refractivity contribution in [2.45, 2.75) is 134 Å². The standard InChI is InChI=1S/C28H54O12/c1-17(2)21(29)33-37-27(15,23(9,10)25(13,35-31)19(5)6)39-40-28(16,38-34-22(30)18(3)4)24(11,12)26(14,36-32)20(7)8/h17-20,31-32H,1-16H3. The SMILES string of the molecule is CC(C)C(=O)OOC(C)(OOC(C)(OOC(=O)C(C)C)C(C)(C)C(C)(OO)C(C)C)C(C)(C)C(C)(OO)C(C)C. The summed E-state index contributed by atoms with van der Waals surface area (Å²) >= 11 is 0. The van der Waals surface area contributed by atoms with Crippen molar-refractivity contribution in [3.63, 3.8) is 0 Å². The van der Waals surface area contributed by atoms with Crippen molar-refractivity contribution in [2.75, 3.05) is 0 Å². The van der Waals surface area contributed by atoms with E-state index in [2.05, 4.69) is 0 Å². The van der Waals surface area contributed by atoms with Crippen molar-refractivity contribution in [2.24, 2.45) is 34.5 Å². The van der Waals surface area contributed by atoms with Gasteiger partial charge in [-0.25, -0.2) is 19.4 Å². The Balaban J connectivity index is 6.93. The van der Waals surface area contributed by atoms with Crippen LogP contribution in [0.1, 0.15) is 111 Å². The first kappa shape index (κ1) is 38.6. The number of carbonyl (C=O) groups excluding carboxylic acids is 2. The van der Waals surface area contributed by atoms with E-state index in [0.29, 0.717) is 0 Å². The zero-order chi connectivity index (χ0) is 32.1. The molecule has 40 heavy (non-hydrogen) atoms. The normalized spacial score (nSPS) is 19.2. The molecule has 12 heteroatoms. The third-order valence-corrected chi connectivity index (χ3v) is 9.20. The van der Waals surface area contributed by atoms with E-state index in [0.717, 1.165) is 0 Å². The molecule has 0 spiro atoms. The summed E-state index contributed by atoms with van der Waals surface area (Å²) < 4.78 is 0. The minimum absolute atomic E-state index is 0.307. The van der Waals surface area contributed by atoms with Gasteiger partial charge >= 0.3 is 11.9 Å². The van der Waals surface area contributed by atoms with Crippen LogP contribution in [0.15, 0.2) is 0 Å². The molecule has 2 N–H and O–H groups in total. The maximum absolute atomic E-state index is 12.4. The molecule has 0 saturated heterocycles. The molecule has 0 aliphatic rings. The highest BCUT2D eigenvalue weighted by atomic mass is 17.4. The van der Waals surface area contributed by atoms with Crippen molar-refractivity contribution in [3.05, 3.63) is 0 Å². The second kappa shape index (κ2) is 13.7. The van der Waals surface area contributed by atoms with E-state index < -0.39 is 57.4 Å². The predicted molar refractivity (Wildman–Crippen MR) is 144 cm³/mol. The Morgan fingerprint density at radius 3 is 0.925 bits per heavy atom. The van der Waals surface area contributed by atoms with Crippen molar-refractivity contribution >= 4 is 11.9 Å². The summed E-state index contributed by atoms with van der Waals surface area (Å²) in [5, 5.41) is 20.0. The highest BCUT2D eigenvalue weighted by Gasteiger charge is 2.64. The minimum Gasteiger partial charge on any atom is -0.295 e. The Labute approximate surface area is 239 Å². The first-order chi connectivity index (χ1) is 17.9. The summed E-state index contributed by atoms with van der Waals surface area (Å²) in [4.78, 5) is 68.0. The lowest BCUT2D eigenvalue weighted by atomic mass is 9.65. The highest BCUT2D eigenvalue weighted by molar-refractivity contribution is 5.71. The lowest BCUT2D eigenvalue weighted by Crippen LogP contribution is -2.65. The molecule has 0 radical (unpaired) electrons. The lowest BCUT2D eigenvalue weighted by Gasteiger charge is -2.54. The highest BCUT2D eigenvalue weighted by Crippen LogP contribution is 2.53. The lowest BCUT2D eigenvalue weighted by molar-refractivity contribution is -0.603. The van der Waals surface area contributed by atoms with Gasteiger partial charge in [0.1, 0.15) is 11.2 Å². The zero-order valence-electron chi connectivity index (χ0n) is 27.3. The number of carbonyl (C=O) groups is 2.